The van der Waals surface area contributed by atoms with Gasteiger partial charge in [0.15, 0.2) is 6.29 Å². The van der Waals surface area contributed by atoms with Gasteiger partial charge < -0.3 is 9.84 Å². The molecule has 0 aromatic heterocycles. The maximum absolute atomic E-state index is 8.92. The lowest BCUT2D eigenvalue weighted by Gasteiger charge is -2.46. The van der Waals surface area contributed by atoms with E-state index in [1.807, 2.05) is 20.8 Å². The molecule has 2 nitrogen and oxygen atoms in total. The third-order valence-corrected chi connectivity index (χ3v) is 2.02. The Morgan fingerprint density at radius 1 is 1.50 bits per heavy atom. The first-order valence-corrected chi connectivity index (χ1v) is 2.88. The van der Waals surface area contributed by atoms with E-state index in [1.54, 1.807) is 0 Å². The molecule has 0 saturated carbocycles. The van der Waals surface area contributed by atoms with Gasteiger partial charge in [-0.25, -0.2) is 0 Å². The number of aliphatic hydroxyl groups is 1. The van der Waals surface area contributed by atoms with Crippen LogP contribution < -0.4 is 0 Å². The molecular weight excluding hydrogens is 104 g/mol. The highest BCUT2D eigenvalue weighted by Gasteiger charge is 2.45. The van der Waals surface area contributed by atoms with Crippen LogP contribution in [0, 0.1) is 5.41 Å². The summed E-state index contributed by atoms with van der Waals surface area (Å²) in [6.07, 6.45) is -0.338. The molecule has 1 aliphatic heterocycles. The Labute approximate surface area is 49.5 Å². The van der Waals surface area contributed by atoms with Crippen LogP contribution in [0.5, 0.6) is 0 Å². The molecule has 48 valence electrons. The van der Waals surface area contributed by atoms with Crippen LogP contribution in [0.4, 0.5) is 0 Å². The van der Waals surface area contributed by atoms with Gasteiger partial charge in [-0.15, -0.1) is 0 Å². The molecule has 0 spiro atoms. The highest BCUT2D eigenvalue weighted by atomic mass is 16.6. The number of aliphatic hydroxyl groups excluding tert-OH is 1. The van der Waals surface area contributed by atoms with E-state index in [2.05, 4.69) is 0 Å². The van der Waals surface area contributed by atoms with Crippen molar-refractivity contribution < 1.29 is 9.84 Å². The molecule has 0 aromatic carbocycles. The number of hydrogen-bond acceptors (Lipinski definition) is 2. The first kappa shape index (κ1) is 6.05. The van der Waals surface area contributed by atoms with Crippen molar-refractivity contribution >= 4 is 0 Å². The zero-order valence-electron chi connectivity index (χ0n) is 5.51. The van der Waals surface area contributed by atoms with Crippen LogP contribution in [-0.2, 0) is 4.74 Å². The minimum Gasteiger partial charge on any atom is -0.367 e. The van der Waals surface area contributed by atoms with Crippen LogP contribution in [0.3, 0.4) is 0 Å². The van der Waals surface area contributed by atoms with Gasteiger partial charge in [-0.1, -0.05) is 13.8 Å². The van der Waals surface area contributed by atoms with E-state index in [1.165, 1.54) is 0 Å². The quantitative estimate of drug-likeness (QED) is 0.506. The van der Waals surface area contributed by atoms with Crippen molar-refractivity contribution in [2.24, 2.45) is 5.41 Å². The van der Waals surface area contributed by atoms with Gasteiger partial charge in [0.05, 0.1) is 6.10 Å². The topological polar surface area (TPSA) is 29.5 Å². The molecule has 2 heteroatoms. The van der Waals surface area contributed by atoms with Gasteiger partial charge in [-0.3, -0.25) is 0 Å². The lowest BCUT2D eigenvalue weighted by molar-refractivity contribution is -0.316. The lowest BCUT2D eigenvalue weighted by atomic mass is 9.82. The van der Waals surface area contributed by atoms with Crippen LogP contribution in [0.1, 0.15) is 20.8 Å². The average Bonchev–Trinajstić information content (AvgIpc) is 1.68. The van der Waals surface area contributed by atoms with Crippen molar-refractivity contribution in [1.82, 2.24) is 0 Å². The van der Waals surface area contributed by atoms with Gasteiger partial charge in [0.25, 0.3) is 0 Å². The summed E-state index contributed by atoms with van der Waals surface area (Å²) in [5, 5.41) is 8.92. The SMILES string of the molecule is CC1OC(O)C1(C)C. The summed E-state index contributed by atoms with van der Waals surface area (Å²) in [5.41, 5.74) is -0.0278. The zero-order valence-corrected chi connectivity index (χ0v) is 5.51. The van der Waals surface area contributed by atoms with E-state index in [-0.39, 0.29) is 11.5 Å². The predicted octanol–water partition coefficient (Wildman–Crippen LogP) is 0.750. The Hall–Kier alpha value is -0.0800. The minimum absolute atomic E-state index is 0.0278. The monoisotopic (exact) mass is 116 g/mol. The van der Waals surface area contributed by atoms with Gasteiger partial charge >= 0.3 is 0 Å². The van der Waals surface area contributed by atoms with Crippen molar-refractivity contribution in [3.63, 3.8) is 0 Å². The maximum atomic E-state index is 8.92. The van der Waals surface area contributed by atoms with E-state index < -0.39 is 6.29 Å². The average molecular weight is 116 g/mol. The first-order valence-electron chi connectivity index (χ1n) is 2.88. The standard InChI is InChI=1S/C6H12O2/c1-4-6(2,3)5(7)8-4/h4-5,7H,1-3H3. The number of ether oxygens (including phenoxy) is 1. The van der Waals surface area contributed by atoms with E-state index in [0.717, 1.165) is 0 Å². The number of hydrogen-bond donors (Lipinski definition) is 1. The van der Waals surface area contributed by atoms with Gasteiger partial charge in [0.2, 0.25) is 0 Å². The van der Waals surface area contributed by atoms with E-state index in [0.29, 0.717) is 0 Å². The second kappa shape index (κ2) is 1.45. The maximum Gasteiger partial charge on any atom is 0.162 e. The minimum atomic E-state index is -0.544. The van der Waals surface area contributed by atoms with Gasteiger partial charge in [0, 0.05) is 5.41 Å². The molecule has 1 heterocycles. The van der Waals surface area contributed by atoms with E-state index in [4.69, 9.17) is 9.84 Å². The second-order valence-electron chi connectivity index (χ2n) is 2.95. The van der Waals surface area contributed by atoms with Crippen molar-refractivity contribution in [3.05, 3.63) is 0 Å². The van der Waals surface area contributed by atoms with Gasteiger partial charge in [0.1, 0.15) is 0 Å². The Morgan fingerprint density at radius 2 is 2.00 bits per heavy atom. The fourth-order valence-corrected chi connectivity index (χ4v) is 0.673. The number of rotatable bonds is 0. The fraction of sp³-hybridized carbons (Fsp3) is 1.00. The van der Waals surface area contributed by atoms with Crippen molar-refractivity contribution in [2.45, 2.75) is 33.2 Å². The van der Waals surface area contributed by atoms with Gasteiger partial charge in [-0.2, -0.15) is 0 Å². The molecule has 1 saturated heterocycles. The molecule has 0 bridgehead atoms. The highest BCUT2D eigenvalue weighted by Crippen LogP contribution is 2.38. The Kier molecular flexibility index (Phi) is 1.10. The van der Waals surface area contributed by atoms with Crippen LogP contribution >= 0.6 is 0 Å². The predicted molar refractivity (Wildman–Crippen MR) is 30.3 cm³/mol. The molecule has 2 atom stereocenters. The summed E-state index contributed by atoms with van der Waals surface area (Å²) in [7, 11) is 0. The summed E-state index contributed by atoms with van der Waals surface area (Å²) in [6, 6.07) is 0. The first-order chi connectivity index (χ1) is 3.55. The normalized spacial score (nSPS) is 43.5. The van der Waals surface area contributed by atoms with E-state index >= 15 is 0 Å². The molecule has 1 rings (SSSR count). The molecule has 0 aromatic rings. The molecule has 2 unspecified atom stereocenters. The smallest absolute Gasteiger partial charge is 0.162 e. The third kappa shape index (κ3) is 0.565. The zero-order chi connectivity index (χ0) is 6.36. The molecule has 0 amide bonds. The molecule has 1 aliphatic rings. The molecule has 0 aliphatic carbocycles. The molecule has 0 radical (unpaired) electrons. The van der Waals surface area contributed by atoms with Crippen molar-refractivity contribution in [2.75, 3.05) is 0 Å². The van der Waals surface area contributed by atoms with Crippen molar-refractivity contribution in [3.8, 4) is 0 Å². The van der Waals surface area contributed by atoms with E-state index in [9.17, 15) is 0 Å². The molecule has 1 fully saturated rings. The lowest BCUT2D eigenvalue weighted by Crippen LogP contribution is -2.54. The largest absolute Gasteiger partial charge is 0.367 e. The molecular formula is C6H12O2. The van der Waals surface area contributed by atoms with Crippen LogP contribution in [-0.4, -0.2) is 17.5 Å². The molecule has 1 N–H and O–H groups in total. The van der Waals surface area contributed by atoms with Crippen molar-refractivity contribution in [1.29, 1.82) is 0 Å². The second-order valence-corrected chi connectivity index (χ2v) is 2.95. The summed E-state index contributed by atoms with van der Waals surface area (Å²) < 4.78 is 4.91. The summed E-state index contributed by atoms with van der Waals surface area (Å²) in [6.45, 7) is 5.95. The Bertz CT molecular complexity index is 88.7. The van der Waals surface area contributed by atoms with Crippen LogP contribution in [0.25, 0.3) is 0 Å². The van der Waals surface area contributed by atoms with Crippen LogP contribution in [0.2, 0.25) is 0 Å². The van der Waals surface area contributed by atoms with Gasteiger partial charge in [-0.05, 0) is 6.92 Å². The van der Waals surface area contributed by atoms with Crippen LogP contribution in [0.15, 0.2) is 0 Å². The Morgan fingerprint density at radius 3 is 2.00 bits per heavy atom. The fourth-order valence-electron chi connectivity index (χ4n) is 0.673. The summed E-state index contributed by atoms with van der Waals surface area (Å²) in [5.74, 6) is 0. The highest BCUT2D eigenvalue weighted by molar-refractivity contribution is 4.87. The molecule has 8 heavy (non-hydrogen) atoms. The third-order valence-electron chi connectivity index (χ3n) is 2.02. The summed E-state index contributed by atoms with van der Waals surface area (Å²) >= 11 is 0. The summed E-state index contributed by atoms with van der Waals surface area (Å²) in [4.78, 5) is 0. The Balaban J connectivity index is 2.52.